The summed E-state index contributed by atoms with van der Waals surface area (Å²) in [7, 11) is 1.64. The van der Waals surface area contributed by atoms with Gasteiger partial charge in [0.15, 0.2) is 0 Å². The first-order valence-electron chi connectivity index (χ1n) is 5.53. The summed E-state index contributed by atoms with van der Waals surface area (Å²) in [5.74, 6) is -1.53. The number of carboxylic acids is 1. The second-order valence-electron chi connectivity index (χ2n) is 4.26. The first-order valence-corrected chi connectivity index (χ1v) is 5.53. The number of aromatic nitrogens is 1. The first kappa shape index (κ1) is 14.0. The van der Waals surface area contributed by atoms with Gasteiger partial charge in [-0.2, -0.15) is 0 Å². The standard InChI is InChI=1S/C12H16N2O4/c1-8(2)13(3)10(15)7-14-6-4-5-9(11(14)16)12(17)18/h4-6,8H,7H2,1-3H3,(H,17,18). The first-order chi connectivity index (χ1) is 8.34. The van der Waals surface area contributed by atoms with Gasteiger partial charge in [-0.1, -0.05) is 0 Å². The van der Waals surface area contributed by atoms with Gasteiger partial charge in [-0.25, -0.2) is 4.79 Å². The van der Waals surface area contributed by atoms with Crippen molar-refractivity contribution in [1.29, 1.82) is 0 Å². The van der Waals surface area contributed by atoms with Gasteiger partial charge in [-0.05, 0) is 26.0 Å². The highest BCUT2D eigenvalue weighted by molar-refractivity contribution is 5.87. The van der Waals surface area contributed by atoms with Crippen LogP contribution in [0.25, 0.3) is 0 Å². The van der Waals surface area contributed by atoms with E-state index in [9.17, 15) is 14.4 Å². The summed E-state index contributed by atoms with van der Waals surface area (Å²) in [5.41, 5.74) is -1.01. The Hall–Kier alpha value is -2.11. The van der Waals surface area contributed by atoms with Gasteiger partial charge in [0.25, 0.3) is 5.56 Å². The van der Waals surface area contributed by atoms with E-state index in [1.165, 1.54) is 23.2 Å². The lowest BCUT2D eigenvalue weighted by atomic mass is 10.2. The molecule has 1 rings (SSSR count). The molecule has 6 heteroatoms. The third-order valence-corrected chi connectivity index (χ3v) is 2.72. The number of aromatic carboxylic acids is 1. The lowest BCUT2D eigenvalue weighted by Crippen LogP contribution is -2.38. The van der Waals surface area contributed by atoms with Crippen molar-refractivity contribution in [2.24, 2.45) is 0 Å². The molecule has 0 saturated carbocycles. The fourth-order valence-electron chi connectivity index (χ4n) is 1.37. The van der Waals surface area contributed by atoms with E-state index in [0.29, 0.717) is 0 Å². The maximum absolute atomic E-state index is 11.8. The zero-order chi connectivity index (χ0) is 13.9. The number of nitrogens with zero attached hydrogens (tertiary/aromatic N) is 2. The molecule has 0 aliphatic heterocycles. The van der Waals surface area contributed by atoms with Crippen LogP contribution in [0.2, 0.25) is 0 Å². The number of carboxylic acid groups (broad SMARTS) is 1. The van der Waals surface area contributed by atoms with Gasteiger partial charge < -0.3 is 14.6 Å². The van der Waals surface area contributed by atoms with Crippen LogP contribution in [0.3, 0.4) is 0 Å². The lowest BCUT2D eigenvalue weighted by Gasteiger charge is -2.21. The summed E-state index contributed by atoms with van der Waals surface area (Å²) in [6.45, 7) is 3.55. The predicted octanol–water partition coefficient (Wildman–Crippen LogP) is 0.413. The van der Waals surface area contributed by atoms with Crippen molar-refractivity contribution in [3.05, 3.63) is 34.2 Å². The molecule has 1 heterocycles. The number of carbonyl (C=O) groups is 2. The maximum Gasteiger partial charge on any atom is 0.341 e. The van der Waals surface area contributed by atoms with Crippen LogP contribution in [0.4, 0.5) is 0 Å². The predicted molar refractivity (Wildman–Crippen MR) is 65.6 cm³/mol. The molecule has 6 nitrogen and oxygen atoms in total. The van der Waals surface area contributed by atoms with E-state index in [4.69, 9.17) is 5.11 Å². The van der Waals surface area contributed by atoms with E-state index in [2.05, 4.69) is 0 Å². The highest BCUT2D eigenvalue weighted by Gasteiger charge is 2.15. The van der Waals surface area contributed by atoms with Gasteiger partial charge >= 0.3 is 5.97 Å². The third kappa shape index (κ3) is 2.97. The van der Waals surface area contributed by atoms with Gasteiger partial charge in [0, 0.05) is 19.3 Å². The Labute approximate surface area is 104 Å². The summed E-state index contributed by atoms with van der Waals surface area (Å²) < 4.78 is 1.10. The Morgan fingerprint density at radius 2 is 2.06 bits per heavy atom. The van der Waals surface area contributed by atoms with E-state index >= 15 is 0 Å². The molecule has 1 aromatic heterocycles. The van der Waals surface area contributed by atoms with Crippen molar-refractivity contribution in [1.82, 2.24) is 9.47 Å². The van der Waals surface area contributed by atoms with E-state index in [1.807, 2.05) is 13.8 Å². The zero-order valence-corrected chi connectivity index (χ0v) is 10.6. The average Bonchev–Trinajstić information content (AvgIpc) is 2.30. The van der Waals surface area contributed by atoms with E-state index < -0.39 is 11.5 Å². The molecular formula is C12H16N2O4. The number of carbonyl (C=O) groups excluding carboxylic acids is 1. The minimum atomic E-state index is -1.29. The van der Waals surface area contributed by atoms with Crippen LogP contribution in [0.1, 0.15) is 24.2 Å². The fourth-order valence-corrected chi connectivity index (χ4v) is 1.37. The fraction of sp³-hybridized carbons (Fsp3) is 0.417. The van der Waals surface area contributed by atoms with Crippen molar-refractivity contribution < 1.29 is 14.7 Å². The van der Waals surface area contributed by atoms with E-state index in [-0.39, 0.29) is 24.1 Å². The van der Waals surface area contributed by atoms with Gasteiger partial charge in [0.2, 0.25) is 5.91 Å². The minimum absolute atomic E-state index is 0.0239. The number of amides is 1. The average molecular weight is 252 g/mol. The van der Waals surface area contributed by atoms with E-state index in [0.717, 1.165) is 4.57 Å². The number of likely N-dealkylation sites (N-methyl/N-ethyl adjacent to an activating group) is 1. The van der Waals surface area contributed by atoms with Crippen LogP contribution < -0.4 is 5.56 Å². The second-order valence-corrected chi connectivity index (χ2v) is 4.26. The molecule has 0 fully saturated rings. The van der Waals surface area contributed by atoms with Crippen molar-refractivity contribution in [3.8, 4) is 0 Å². The molecule has 1 aromatic rings. The molecule has 1 N–H and O–H groups in total. The maximum atomic E-state index is 11.8. The Kier molecular flexibility index (Phi) is 4.25. The van der Waals surface area contributed by atoms with Gasteiger partial charge in [-0.3, -0.25) is 9.59 Å². The molecule has 0 spiro atoms. The number of hydrogen-bond donors (Lipinski definition) is 1. The summed E-state index contributed by atoms with van der Waals surface area (Å²) in [6, 6.07) is 2.68. The minimum Gasteiger partial charge on any atom is -0.477 e. The normalized spacial score (nSPS) is 10.4. The SMILES string of the molecule is CC(C)N(C)C(=O)Cn1cccc(C(=O)O)c1=O. The zero-order valence-electron chi connectivity index (χ0n) is 10.6. The van der Waals surface area contributed by atoms with Crippen LogP contribution in [0, 0.1) is 0 Å². The highest BCUT2D eigenvalue weighted by Crippen LogP contribution is 1.98. The second kappa shape index (κ2) is 5.48. The topological polar surface area (TPSA) is 79.6 Å². The number of hydrogen-bond acceptors (Lipinski definition) is 3. The van der Waals surface area contributed by atoms with Crippen molar-refractivity contribution in [2.45, 2.75) is 26.4 Å². The molecule has 18 heavy (non-hydrogen) atoms. The molecule has 0 aliphatic rings. The monoisotopic (exact) mass is 252 g/mol. The van der Waals surface area contributed by atoms with Gasteiger partial charge in [0.05, 0.1) is 0 Å². The molecule has 98 valence electrons. The van der Waals surface area contributed by atoms with Gasteiger partial charge in [-0.15, -0.1) is 0 Å². The Bertz CT molecular complexity index is 519. The number of rotatable bonds is 4. The molecule has 0 radical (unpaired) electrons. The van der Waals surface area contributed by atoms with Crippen LogP contribution >= 0.6 is 0 Å². The quantitative estimate of drug-likeness (QED) is 0.841. The van der Waals surface area contributed by atoms with Crippen molar-refractivity contribution in [2.75, 3.05) is 7.05 Å². The largest absolute Gasteiger partial charge is 0.477 e. The molecular weight excluding hydrogens is 236 g/mol. The van der Waals surface area contributed by atoms with Crippen molar-refractivity contribution >= 4 is 11.9 Å². The van der Waals surface area contributed by atoms with Crippen LogP contribution in [-0.2, 0) is 11.3 Å². The lowest BCUT2D eigenvalue weighted by molar-refractivity contribution is -0.132. The molecule has 0 unspecified atom stereocenters. The highest BCUT2D eigenvalue weighted by atomic mass is 16.4. The Morgan fingerprint density at radius 1 is 1.44 bits per heavy atom. The smallest absolute Gasteiger partial charge is 0.341 e. The third-order valence-electron chi connectivity index (χ3n) is 2.72. The Morgan fingerprint density at radius 3 is 2.56 bits per heavy atom. The summed E-state index contributed by atoms with van der Waals surface area (Å²) in [6.07, 6.45) is 1.40. The molecule has 0 bridgehead atoms. The summed E-state index contributed by atoms with van der Waals surface area (Å²) in [5, 5.41) is 8.81. The summed E-state index contributed by atoms with van der Waals surface area (Å²) in [4.78, 5) is 35.8. The van der Waals surface area contributed by atoms with Gasteiger partial charge in [0.1, 0.15) is 12.1 Å². The molecule has 0 atom stereocenters. The summed E-state index contributed by atoms with van der Waals surface area (Å²) >= 11 is 0. The van der Waals surface area contributed by atoms with E-state index in [1.54, 1.807) is 7.05 Å². The van der Waals surface area contributed by atoms with Crippen molar-refractivity contribution in [3.63, 3.8) is 0 Å². The molecule has 0 saturated heterocycles. The molecule has 0 aliphatic carbocycles. The molecule has 0 aromatic carbocycles. The molecule has 1 amide bonds. The van der Waals surface area contributed by atoms with Crippen LogP contribution in [0.15, 0.2) is 23.1 Å². The van der Waals surface area contributed by atoms with Crippen LogP contribution in [0.5, 0.6) is 0 Å². The van der Waals surface area contributed by atoms with Crippen LogP contribution in [-0.4, -0.2) is 39.5 Å². The number of pyridine rings is 1. The Balaban J connectivity index is 3.00.